The highest BCUT2D eigenvalue weighted by Crippen LogP contribution is 2.17. The molecule has 0 aromatic heterocycles. The minimum Gasteiger partial charge on any atom is -0.326 e. The van der Waals surface area contributed by atoms with Crippen LogP contribution >= 0.6 is 12.2 Å². The maximum Gasteiger partial charge on any atom is 0.282 e. The van der Waals surface area contributed by atoms with Gasteiger partial charge in [-0.2, -0.15) is 0 Å². The van der Waals surface area contributed by atoms with Crippen molar-refractivity contribution in [3.05, 3.63) is 69.3 Å². The van der Waals surface area contributed by atoms with E-state index >= 15 is 0 Å². The SMILES string of the molecule is Cc1ccc(C)c(NC(=O)CCC(=O)NNC(=S)NC(=O)c2ccccc2[N+](=O)[O-])c1. The first-order chi connectivity index (χ1) is 14.7. The van der Waals surface area contributed by atoms with Crippen LogP contribution in [-0.4, -0.2) is 27.8 Å². The van der Waals surface area contributed by atoms with E-state index in [1.807, 2.05) is 32.0 Å². The molecule has 2 aromatic rings. The van der Waals surface area contributed by atoms with Crippen LogP contribution in [0, 0.1) is 24.0 Å². The van der Waals surface area contributed by atoms with Gasteiger partial charge in [0.2, 0.25) is 11.8 Å². The third-order valence-electron chi connectivity index (χ3n) is 4.13. The van der Waals surface area contributed by atoms with E-state index in [4.69, 9.17) is 12.2 Å². The molecule has 0 aliphatic carbocycles. The number of benzene rings is 2. The zero-order valence-corrected chi connectivity index (χ0v) is 17.7. The molecule has 0 aliphatic heterocycles. The molecule has 0 atom stereocenters. The second-order valence-electron chi connectivity index (χ2n) is 6.60. The van der Waals surface area contributed by atoms with E-state index < -0.39 is 16.7 Å². The highest BCUT2D eigenvalue weighted by molar-refractivity contribution is 7.80. The van der Waals surface area contributed by atoms with E-state index in [2.05, 4.69) is 21.5 Å². The first kappa shape index (κ1) is 23.4. The van der Waals surface area contributed by atoms with Crippen LogP contribution in [0.15, 0.2) is 42.5 Å². The molecule has 0 aliphatic rings. The van der Waals surface area contributed by atoms with Gasteiger partial charge in [0, 0.05) is 24.6 Å². The van der Waals surface area contributed by atoms with E-state index in [0.717, 1.165) is 11.1 Å². The zero-order valence-electron chi connectivity index (χ0n) is 16.9. The minimum absolute atomic E-state index is 0.0593. The Morgan fingerprint density at radius 1 is 1.00 bits per heavy atom. The molecule has 0 spiro atoms. The number of nitrogens with one attached hydrogen (secondary N) is 4. The molecule has 0 unspecified atom stereocenters. The van der Waals surface area contributed by atoms with Gasteiger partial charge in [-0.15, -0.1) is 0 Å². The fraction of sp³-hybridized carbons (Fsp3) is 0.200. The Kier molecular flexibility index (Phi) is 8.15. The molecule has 2 rings (SSSR count). The summed E-state index contributed by atoms with van der Waals surface area (Å²) in [7, 11) is 0. The highest BCUT2D eigenvalue weighted by atomic mass is 32.1. The van der Waals surface area contributed by atoms with Crippen LogP contribution in [-0.2, 0) is 9.59 Å². The number of rotatable bonds is 6. The number of nitro groups is 1. The summed E-state index contributed by atoms with van der Waals surface area (Å²) >= 11 is 4.90. The summed E-state index contributed by atoms with van der Waals surface area (Å²) < 4.78 is 0. The second kappa shape index (κ2) is 10.8. The molecular formula is C20H21N5O5S. The number of para-hydroxylation sites is 1. The van der Waals surface area contributed by atoms with Crippen molar-refractivity contribution in [2.75, 3.05) is 5.32 Å². The normalized spacial score (nSPS) is 10.0. The van der Waals surface area contributed by atoms with Gasteiger partial charge in [-0.1, -0.05) is 24.3 Å². The maximum atomic E-state index is 12.2. The van der Waals surface area contributed by atoms with Crippen molar-refractivity contribution >= 4 is 46.4 Å². The van der Waals surface area contributed by atoms with Crippen LogP contribution in [0.1, 0.15) is 34.3 Å². The topological polar surface area (TPSA) is 142 Å². The Balaban J connectivity index is 1.77. The lowest BCUT2D eigenvalue weighted by atomic mass is 10.1. The predicted octanol–water partition coefficient (Wildman–Crippen LogP) is 2.27. The Morgan fingerprint density at radius 2 is 1.68 bits per heavy atom. The first-order valence-electron chi connectivity index (χ1n) is 9.18. The van der Waals surface area contributed by atoms with Crippen molar-refractivity contribution in [3.63, 3.8) is 0 Å². The highest BCUT2D eigenvalue weighted by Gasteiger charge is 2.20. The number of nitrogens with zero attached hydrogens (tertiary/aromatic N) is 1. The molecular weight excluding hydrogens is 422 g/mol. The van der Waals surface area contributed by atoms with Crippen LogP contribution in [0.4, 0.5) is 11.4 Å². The number of amides is 3. The van der Waals surface area contributed by atoms with E-state index in [-0.39, 0.29) is 35.1 Å². The first-order valence-corrected chi connectivity index (χ1v) is 9.59. The van der Waals surface area contributed by atoms with Gasteiger partial charge >= 0.3 is 0 Å². The predicted molar refractivity (Wildman–Crippen MR) is 118 cm³/mol. The number of carbonyl (C=O) groups excluding carboxylic acids is 3. The number of thiocarbonyl (C=S) groups is 1. The molecule has 3 amide bonds. The Hall–Kier alpha value is -3.86. The summed E-state index contributed by atoms with van der Waals surface area (Å²) in [4.78, 5) is 46.4. The summed E-state index contributed by atoms with van der Waals surface area (Å²) in [6.45, 7) is 3.77. The van der Waals surface area contributed by atoms with E-state index in [9.17, 15) is 24.5 Å². The van der Waals surface area contributed by atoms with Crippen molar-refractivity contribution in [1.82, 2.24) is 16.2 Å². The van der Waals surface area contributed by atoms with Crippen molar-refractivity contribution in [2.45, 2.75) is 26.7 Å². The van der Waals surface area contributed by atoms with Gasteiger partial charge in [0.1, 0.15) is 5.56 Å². The van der Waals surface area contributed by atoms with Gasteiger partial charge in [-0.3, -0.25) is 40.7 Å². The molecule has 2 aromatic carbocycles. The fourth-order valence-electron chi connectivity index (χ4n) is 2.53. The molecule has 10 nitrogen and oxygen atoms in total. The maximum absolute atomic E-state index is 12.2. The summed E-state index contributed by atoms with van der Waals surface area (Å²) in [5, 5.41) is 15.7. The van der Waals surface area contributed by atoms with Gasteiger partial charge in [0.15, 0.2) is 5.11 Å². The zero-order chi connectivity index (χ0) is 23.0. The molecule has 0 saturated heterocycles. The van der Waals surface area contributed by atoms with Gasteiger partial charge in [-0.05, 0) is 49.3 Å². The molecule has 4 N–H and O–H groups in total. The number of hydrazine groups is 1. The lowest BCUT2D eigenvalue weighted by molar-refractivity contribution is -0.385. The van der Waals surface area contributed by atoms with Gasteiger partial charge in [-0.25, -0.2) is 0 Å². The summed E-state index contributed by atoms with van der Waals surface area (Å²) in [5.41, 5.74) is 6.62. The molecule has 162 valence electrons. The number of hydrogen-bond donors (Lipinski definition) is 4. The van der Waals surface area contributed by atoms with Gasteiger partial charge in [0.25, 0.3) is 11.6 Å². The van der Waals surface area contributed by atoms with Crippen LogP contribution in [0.25, 0.3) is 0 Å². The Morgan fingerprint density at radius 3 is 2.39 bits per heavy atom. The van der Waals surface area contributed by atoms with Gasteiger partial charge in [0.05, 0.1) is 4.92 Å². The van der Waals surface area contributed by atoms with E-state index in [1.54, 1.807) is 0 Å². The Bertz CT molecular complexity index is 1040. The lowest BCUT2D eigenvalue weighted by Crippen LogP contribution is -2.48. The van der Waals surface area contributed by atoms with Gasteiger partial charge < -0.3 is 5.32 Å². The minimum atomic E-state index is -0.799. The number of carbonyl (C=O) groups is 3. The average molecular weight is 443 g/mol. The Labute approximate surface area is 183 Å². The van der Waals surface area contributed by atoms with Crippen LogP contribution < -0.4 is 21.5 Å². The molecule has 0 fully saturated rings. The summed E-state index contributed by atoms with van der Waals surface area (Å²) in [6.07, 6.45) is -0.180. The lowest BCUT2D eigenvalue weighted by Gasteiger charge is -2.11. The molecule has 0 bridgehead atoms. The van der Waals surface area contributed by atoms with Crippen molar-refractivity contribution in [3.8, 4) is 0 Å². The fourth-order valence-corrected chi connectivity index (χ4v) is 2.67. The molecule has 31 heavy (non-hydrogen) atoms. The smallest absolute Gasteiger partial charge is 0.282 e. The van der Waals surface area contributed by atoms with Crippen LogP contribution in [0.3, 0.4) is 0 Å². The monoisotopic (exact) mass is 443 g/mol. The molecule has 0 saturated carbocycles. The molecule has 11 heteroatoms. The molecule has 0 heterocycles. The standard InChI is InChI=1S/C20H21N5O5S/c1-12-7-8-13(2)15(11-12)21-17(26)9-10-18(27)23-24-20(31)22-19(28)14-5-3-4-6-16(14)25(29)30/h3-8,11H,9-10H2,1-2H3,(H,21,26)(H,23,27)(H2,22,24,28,31). The van der Waals surface area contributed by atoms with E-state index in [1.165, 1.54) is 24.3 Å². The summed E-state index contributed by atoms with van der Waals surface area (Å²) in [5.74, 6) is -1.65. The van der Waals surface area contributed by atoms with Crippen LogP contribution in [0.2, 0.25) is 0 Å². The average Bonchev–Trinajstić information content (AvgIpc) is 2.73. The summed E-state index contributed by atoms with van der Waals surface area (Å²) in [6, 6.07) is 11.0. The largest absolute Gasteiger partial charge is 0.326 e. The number of aryl methyl sites for hydroxylation is 2. The van der Waals surface area contributed by atoms with Crippen molar-refractivity contribution in [1.29, 1.82) is 0 Å². The van der Waals surface area contributed by atoms with Crippen molar-refractivity contribution < 1.29 is 19.3 Å². The van der Waals surface area contributed by atoms with Crippen LogP contribution in [0.5, 0.6) is 0 Å². The van der Waals surface area contributed by atoms with Crippen molar-refractivity contribution in [2.24, 2.45) is 0 Å². The molecule has 0 radical (unpaired) electrons. The number of hydrogen-bond acceptors (Lipinski definition) is 6. The third-order valence-corrected chi connectivity index (χ3v) is 4.34. The number of anilines is 1. The number of nitro benzene ring substituents is 1. The quantitative estimate of drug-likeness (QED) is 0.305. The third kappa shape index (κ3) is 7.16. The second-order valence-corrected chi connectivity index (χ2v) is 7.01. The van der Waals surface area contributed by atoms with E-state index in [0.29, 0.717) is 5.69 Å².